The van der Waals surface area contributed by atoms with Gasteiger partial charge in [-0.25, -0.2) is 0 Å². The van der Waals surface area contributed by atoms with Crippen LogP contribution in [0, 0.1) is 0 Å². The number of hydrogen-bond donors (Lipinski definition) is 1. The molecule has 0 spiro atoms. The monoisotopic (exact) mass is 287 g/mol. The minimum Gasteiger partial charge on any atom is -0.307 e. The standard InChI is InChI=1S/C16H25N5/c1-4-21(5-2)12-15-8-6-14(7-9-15)10-17-11-16-13-20(3)19-18-16/h6-9,13,17H,4-5,10-12H2,1-3H3. The molecule has 0 amide bonds. The minimum atomic E-state index is 0.745. The first-order valence-corrected chi connectivity index (χ1v) is 7.57. The number of nitrogens with zero attached hydrogens (tertiary/aromatic N) is 4. The van der Waals surface area contributed by atoms with Crippen LogP contribution in [-0.2, 0) is 26.7 Å². The van der Waals surface area contributed by atoms with E-state index in [1.54, 1.807) is 4.68 Å². The zero-order valence-corrected chi connectivity index (χ0v) is 13.2. The van der Waals surface area contributed by atoms with E-state index in [4.69, 9.17) is 0 Å². The third-order valence-corrected chi connectivity index (χ3v) is 3.61. The van der Waals surface area contributed by atoms with Crippen molar-refractivity contribution in [2.75, 3.05) is 13.1 Å². The molecular formula is C16H25N5. The summed E-state index contributed by atoms with van der Waals surface area (Å²) in [5.74, 6) is 0. The van der Waals surface area contributed by atoms with Crippen LogP contribution in [0.3, 0.4) is 0 Å². The van der Waals surface area contributed by atoms with Gasteiger partial charge in [-0.15, -0.1) is 5.10 Å². The Balaban J connectivity index is 1.79. The predicted octanol–water partition coefficient (Wildman–Crippen LogP) is 1.95. The normalized spacial score (nSPS) is 11.2. The van der Waals surface area contributed by atoms with Crippen LogP contribution >= 0.6 is 0 Å². The lowest BCUT2D eigenvalue weighted by Gasteiger charge is -2.18. The van der Waals surface area contributed by atoms with Gasteiger partial charge in [-0.3, -0.25) is 9.58 Å². The summed E-state index contributed by atoms with van der Waals surface area (Å²) in [5, 5.41) is 11.4. The van der Waals surface area contributed by atoms with Crippen LogP contribution in [0.25, 0.3) is 0 Å². The van der Waals surface area contributed by atoms with E-state index in [9.17, 15) is 0 Å². The number of benzene rings is 1. The number of aromatic nitrogens is 3. The Bertz CT molecular complexity index is 528. The average molecular weight is 287 g/mol. The molecule has 2 rings (SSSR count). The van der Waals surface area contributed by atoms with Gasteiger partial charge in [0.25, 0.3) is 0 Å². The number of aryl methyl sites for hydroxylation is 1. The summed E-state index contributed by atoms with van der Waals surface area (Å²) in [6.45, 7) is 9.22. The molecule has 0 atom stereocenters. The molecule has 1 N–H and O–H groups in total. The Morgan fingerprint density at radius 3 is 2.29 bits per heavy atom. The molecule has 0 fully saturated rings. The molecule has 114 valence electrons. The van der Waals surface area contributed by atoms with Crippen LogP contribution < -0.4 is 5.32 Å². The lowest BCUT2D eigenvalue weighted by molar-refractivity contribution is 0.296. The summed E-state index contributed by atoms with van der Waals surface area (Å²) in [6.07, 6.45) is 1.93. The molecular weight excluding hydrogens is 262 g/mol. The van der Waals surface area contributed by atoms with E-state index in [2.05, 4.69) is 58.6 Å². The fourth-order valence-electron chi connectivity index (χ4n) is 2.28. The van der Waals surface area contributed by atoms with Gasteiger partial charge in [0.1, 0.15) is 0 Å². The summed E-state index contributed by atoms with van der Waals surface area (Å²) in [6, 6.07) is 8.83. The van der Waals surface area contributed by atoms with Crippen molar-refractivity contribution in [3.8, 4) is 0 Å². The first kappa shape index (κ1) is 15.7. The molecule has 1 aromatic carbocycles. The van der Waals surface area contributed by atoms with Crippen molar-refractivity contribution < 1.29 is 0 Å². The number of nitrogens with one attached hydrogen (secondary N) is 1. The van der Waals surface area contributed by atoms with Gasteiger partial charge in [-0.1, -0.05) is 43.3 Å². The van der Waals surface area contributed by atoms with E-state index in [0.717, 1.165) is 38.4 Å². The first-order valence-electron chi connectivity index (χ1n) is 7.57. The molecule has 2 aromatic rings. The smallest absolute Gasteiger partial charge is 0.0964 e. The molecule has 21 heavy (non-hydrogen) atoms. The summed E-state index contributed by atoms with van der Waals surface area (Å²) in [5.41, 5.74) is 3.63. The van der Waals surface area contributed by atoms with Gasteiger partial charge in [0, 0.05) is 32.9 Å². The van der Waals surface area contributed by atoms with Gasteiger partial charge in [0.15, 0.2) is 0 Å². The molecule has 1 aromatic heterocycles. The largest absolute Gasteiger partial charge is 0.307 e. The van der Waals surface area contributed by atoms with Crippen LogP contribution in [0.5, 0.6) is 0 Å². The van der Waals surface area contributed by atoms with Crippen molar-refractivity contribution in [3.63, 3.8) is 0 Å². The molecule has 0 aliphatic rings. The molecule has 0 radical (unpaired) electrons. The highest BCUT2D eigenvalue weighted by atomic mass is 15.4. The summed E-state index contributed by atoms with van der Waals surface area (Å²) < 4.78 is 1.72. The molecule has 1 heterocycles. The second-order valence-corrected chi connectivity index (χ2v) is 5.26. The topological polar surface area (TPSA) is 46.0 Å². The van der Waals surface area contributed by atoms with Crippen molar-refractivity contribution in [1.82, 2.24) is 25.2 Å². The molecule has 5 nitrogen and oxygen atoms in total. The van der Waals surface area contributed by atoms with E-state index in [0.29, 0.717) is 0 Å². The van der Waals surface area contributed by atoms with E-state index in [-0.39, 0.29) is 0 Å². The lowest BCUT2D eigenvalue weighted by Crippen LogP contribution is -2.22. The van der Waals surface area contributed by atoms with E-state index in [1.807, 2.05) is 13.2 Å². The Hall–Kier alpha value is -1.72. The maximum atomic E-state index is 4.06. The van der Waals surface area contributed by atoms with Gasteiger partial charge in [0.05, 0.1) is 5.69 Å². The fourth-order valence-corrected chi connectivity index (χ4v) is 2.28. The Morgan fingerprint density at radius 1 is 1.05 bits per heavy atom. The van der Waals surface area contributed by atoms with Gasteiger partial charge >= 0.3 is 0 Å². The second-order valence-electron chi connectivity index (χ2n) is 5.26. The van der Waals surface area contributed by atoms with Gasteiger partial charge in [-0.05, 0) is 24.2 Å². The number of hydrogen-bond acceptors (Lipinski definition) is 4. The molecule has 0 aliphatic carbocycles. The van der Waals surface area contributed by atoms with Crippen LogP contribution in [0.4, 0.5) is 0 Å². The highest BCUT2D eigenvalue weighted by Crippen LogP contribution is 2.07. The third-order valence-electron chi connectivity index (χ3n) is 3.61. The maximum absolute atomic E-state index is 4.06. The van der Waals surface area contributed by atoms with E-state index >= 15 is 0 Å². The van der Waals surface area contributed by atoms with Gasteiger partial charge in [-0.2, -0.15) is 0 Å². The number of rotatable bonds is 8. The van der Waals surface area contributed by atoms with Crippen molar-refractivity contribution in [3.05, 3.63) is 47.3 Å². The third kappa shape index (κ3) is 4.95. The van der Waals surface area contributed by atoms with Crippen LogP contribution in [0.2, 0.25) is 0 Å². The highest BCUT2D eigenvalue weighted by molar-refractivity contribution is 5.22. The van der Waals surface area contributed by atoms with Crippen molar-refractivity contribution in [1.29, 1.82) is 0 Å². The van der Waals surface area contributed by atoms with E-state index < -0.39 is 0 Å². The summed E-state index contributed by atoms with van der Waals surface area (Å²) in [7, 11) is 1.88. The Morgan fingerprint density at radius 2 is 1.71 bits per heavy atom. The minimum absolute atomic E-state index is 0.745. The van der Waals surface area contributed by atoms with Crippen LogP contribution in [0.1, 0.15) is 30.7 Å². The first-order chi connectivity index (χ1) is 10.2. The molecule has 0 unspecified atom stereocenters. The Kier molecular flexibility index (Phi) is 5.90. The zero-order valence-electron chi connectivity index (χ0n) is 13.2. The van der Waals surface area contributed by atoms with Crippen molar-refractivity contribution in [2.24, 2.45) is 7.05 Å². The molecule has 0 saturated heterocycles. The molecule has 0 bridgehead atoms. The molecule has 5 heteroatoms. The quantitative estimate of drug-likeness (QED) is 0.806. The second kappa shape index (κ2) is 7.90. The molecule has 0 saturated carbocycles. The Labute approximate surface area is 127 Å². The van der Waals surface area contributed by atoms with Gasteiger partial charge < -0.3 is 5.32 Å². The maximum Gasteiger partial charge on any atom is 0.0964 e. The zero-order chi connectivity index (χ0) is 15.1. The lowest BCUT2D eigenvalue weighted by atomic mass is 10.1. The summed E-state index contributed by atoms with van der Waals surface area (Å²) in [4.78, 5) is 2.42. The predicted molar refractivity (Wildman–Crippen MR) is 84.6 cm³/mol. The fraction of sp³-hybridized carbons (Fsp3) is 0.500. The van der Waals surface area contributed by atoms with Crippen molar-refractivity contribution >= 4 is 0 Å². The van der Waals surface area contributed by atoms with Crippen LogP contribution in [0.15, 0.2) is 30.5 Å². The van der Waals surface area contributed by atoms with E-state index in [1.165, 1.54) is 11.1 Å². The average Bonchev–Trinajstić information content (AvgIpc) is 2.92. The molecule has 0 aliphatic heterocycles. The van der Waals surface area contributed by atoms with Crippen LogP contribution in [-0.4, -0.2) is 33.0 Å². The SMILES string of the molecule is CCN(CC)Cc1ccc(CNCc2cn(C)nn2)cc1. The van der Waals surface area contributed by atoms with Crippen molar-refractivity contribution in [2.45, 2.75) is 33.5 Å². The van der Waals surface area contributed by atoms with Gasteiger partial charge in [0.2, 0.25) is 0 Å². The summed E-state index contributed by atoms with van der Waals surface area (Å²) >= 11 is 0. The highest BCUT2D eigenvalue weighted by Gasteiger charge is 2.02.